The van der Waals surface area contributed by atoms with Gasteiger partial charge in [-0.2, -0.15) is 17.6 Å². The number of likely N-dealkylation sites (tertiary alicyclic amines) is 2. The highest BCUT2D eigenvalue weighted by atomic mass is 79.9. The molecule has 2 spiro atoms. The van der Waals surface area contributed by atoms with Gasteiger partial charge in [0.1, 0.15) is 17.2 Å². The fourth-order valence-corrected chi connectivity index (χ4v) is 11.4. The lowest BCUT2D eigenvalue weighted by atomic mass is 9.93. The first-order chi connectivity index (χ1) is 33.3. The Bertz CT molecular complexity index is 3000. The van der Waals surface area contributed by atoms with Crippen LogP contribution in [0.4, 0.5) is 27.2 Å². The van der Waals surface area contributed by atoms with Crippen molar-refractivity contribution in [2.24, 2.45) is 15.8 Å². The molecule has 3 heterocycles. The molecule has 0 radical (unpaired) electrons. The minimum absolute atomic E-state index is 0.0298. The lowest BCUT2D eigenvalue weighted by molar-refractivity contribution is -0.147. The van der Waals surface area contributed by atoms with Crippen molar-refractivity contribution in [3.63, 3.8) is 0 Å². The number of Topliss-reactive ketones (excluding diaryl/α,β-unsaturated/α-hetero) is 1. The number of amides is 2. The summed E-state index contributed by atoms with van der Waals surface area (Å²) in [5, 5.41) is 0. The molecule has 2 saturated heterocycles. The van der Waals surface area contributed by atoms with Gasteiger partial charge in [-0.05, 0) is 161 Å². The number of aliphatic imine (C=N–C) groups is 1. The Balaban J connectivity index is 0.000000164. The van der Waals surface area contributed by atoms with Crippen LogP contribution in [0.2, 0.25) is 0 Å². The van der Waals surface area contributed by atoms with Crippen LogP contribution in [0.25, 0.3) is 27.8 Å². The Morgan fingerprint density at radius 1 is 0.648 bits per heavy atom. The summed E-state index contributed by atoms with van der Waals surface area (Å²) in [5.41, 5.74) is 3.01. The maximum Gasteiger partial charge on any atom is 0.411 e. The average molecular weight is 1100 g/mol. The van der Waals surface area contributed by atoms with E-state index in [0.29, 0.717) is 57.1 Å². The van der Waals surface area contributed by atoms with Crippen molar-refractivity contribution < 1.29 is 51.0 Å². The Kier molecular flexibility index (Phi) is 11.9. The van der Waals surface area contributed by atoms with E-state index >= 15 is 17.6 Å². The van der Waals surface area contributed by atoms with Crippen molar-refractivity contribution in [3.05, 3.63) is 121 Å². The fourth-order valence-electron chi connectivity index (χ4n) is 10.6. The molecule has 10 nitrogen and oxygen atoms in total. The Labute approximate surface area is 426 Å². The zero-order valence-electron chi connectivity index (χ0n) is 40.2. The molecule has 7 aliphatic rings. The number of carbonyl (C=O) groups is 4. The van der Waals surface area contributed by atoms with Gasteiger partial charge in [-0.1, -0.05) is 68.3 Å². The molecule has 0 bridgehead atoms. The third-order valence-electron chi connectivity index (χ3n) is 14.6. The van der Waals surface area contributed by atoms with Gasteiger partial charge in [0.15, 0.2) is 12.4 Å². The van der Waals surface area contributed by atoms with Crippen molar-refractivity contribution in [1.29, 1.82) is 0 Å². The molecule has 4 aromatic rings. The first-order valence-corrected chi connectivity index (χ1v) is 25.4. The van der Waals surface area contributed by atoms with E-state index in [1.54, 1.807) is 63.4 Å². The summed E-state index contributed by atoms with van der Waals surface area (Å²) >= 11 is 6.55. The highest BCUT2D eigenvalue weighted by molar-refractivity contribution is 9.10. The van der Waals surface area contributed by atoms with E-state index in [1.807, 2.05) is 31.7 Å². The third kappa shape index (κ3) is 9.36. The van der Waals surface area contributed by atoms with E-state index in [4.69, 9.17) is 19.2 Å². The smallest absolute Gasteiger partial charge is 0.411 e. The number of benzene rings is 4. The number of esters is 1. The van der Waals surface area contributed by atoms with Crippen LogP contribution in [0.15, 0.2) is 92.9 Å². The molecule has 0 N–H and O–H groups in total. The monoisotopic (exact) mass is 1100 g/mol. The quantitative estimate of drug-likeness (QED) is 0.0817. The molecule has 3 aliphatic heterocycles. The summed E-state index contributed by atoms with van der Waals surface area (Å²) in [6.45, 7) is 11.4. The van der Waals surface area contributed by atoms with Crippen LogP contribution in [0, 0.1) is 10.8 Å². The highest BCUT2D eigenvalue weighted by Gasteiger charge is 2.57. The number of alkyl halides is 4. The lowest BCUT2D eigenvalue weighted by Crippen LogP contribution is -2.44. The number of carbonyl (C=O) groups excluding carboxylic acids is 4. The number of hydrogen-bond acceptors (Lipinski definition) is 8. The Morgan fingerprint density at radius 3 is 1.68 bits per heavy atom. The molecule has 2 unspecified atom stereocenters. The first kappa shape index (κ1) is 49.2. The van der Waals surface area contributed by atoms with Crippen LogP contribution in [0.3, 0.4) is 0 Å². The average Bonchev–Trinajstić information content (AvgIpc) is 3.95. The van der Waals surface area contributed by atoms with E-state index in [2.05, 4.69) is 31.9 Å². The molecule has 71 heavy (non-hydrogen) atoms. The number of hydrogen-bond donors (Lipinski definition) is 0. The van der Waals surface area contributed by atoms with Crippen LogP contribution in [0.1, 0.15) is 125 Å². The maximum absolute atomic E-state index is 15.3. The molecule has 2 amide bonds. The fraction of sp³-hybridized carbons (Fsp3) is 0.436. The van der Waals surface area contributed by atoms with Gasteiger partial charge in [-0.3, -0.25) is 19.6 Å². The number of allylic oxidation sites excluding steroid dienone is 1. The molecular formula is C55H53Br2F4N3O7. The van der Waals surface area contributed by atoms with Gasteiger partial charge in [0, 0.05) is 68.2 Å². The van der Waals surface area contributed by atoms with Gasteiger partial charge in [-0.25, -0.2) is 14.4 Å². The second kappa shape index (κ2) is 17.1. The number of fused-ring (bicyclic) bond motifs is 6. The normalized spacial score (nSPS) is 21.9. The molecule has 2 saturated carbocycles. The molecule has 4 aromatic carbocycles. The largest absolute Gasteiger partial charge is 0.456 e. The number of rotatable bonds is 6. The SMILES string of the molecule is CC(C)(C)OC(=O)N1CC2(CC2)CC1C(=O)OCC(=O)c1ccc2c(c1)C(F)(F)c1cc(Br)ccc1-2.CC(C)(C)OC(=O)N1CC2(CC2)CC1C1=NC=C(c2ccc3c(c2)C(F)(F)c2cc(Br)ccc2-3)C1. The summed E-state index contributed by atoms with van der Waals surface area (Å²) in [6.07, 6.45) is 6.84. The van der Waals surface area contributed by atoms with Crippen molar-refractivity contribution in [1.82, 2.24) is 9.80 Å². The zero-order valence-corrected chi connectivity index (χ0v) is 43.4. The molecule has 0 aromatic heterocycles. The second-order valence-electron chi connectivity index (χ2n) is 22.2. The molecule has 4 fully saturated rings. The molecule has 372 valence electrons. The standard InChI is InChI=1S/C28H27BrF2N2O2.C27H26BrF2NO5/c1-26(2,3)35-25(34)33-15-27(8-9-27)13-24(33)23-11-17(14-32-23)16-4-6-19-20-7-5-18(29)12-22(20)28(30,31)21(19)10-16;1-25(2,3)36-24(34)31-14-26(8-9-26)12-21(31)23(33)35-13-22(32)15-4-6-17-18-7-5-16(28)11-20(18)27(29,30)19(17)10-15/h4-7,10,12,14,24H,8-9,11,13,15H2,1-3H3;4-7,10-11,21H,8-9,12-14H2,1-3H3. The molecular weight excluding hydrogens is 1050 g/mol. The summed E-state index contributed by atoms with van der Waals surface area (Å²) in [5.74, 6) is -7.59. The van der Waals surface area contributed by atoms with Gasteiger partial charge < -0.3 is 14.2 Å². The van der Waals surface area contributed by atoms with Gasteiger partial charge >= 0.3 is 18.2 Å². The molecule has 11 rings (SSSR count). The Morgan fingerprint density at radius 2 is 1.13 bits per heavy atom. The summed E-state index contributed by atoms with van der Waals surface area (Å²) in [7, 11) is 0. The second-order valence-corrected chi connectivity index (χ2v) is 24.0. The number of nitrogens with zero attached hydrogens (tertiary/aromatic N) is 3. The van der Waals surface area contributed by atoms with Crippen molar-refractivity contribution >= 4 is 67.1 Å². The van der Waals surface area contributed by atoms with E-state index in [-0.39, 0.29) is 50.8 Å². The van der Waals surface area contributed by atoms with E-state index in [1.165, 1.54) is 35.2 Å². The van der Waals surface area contributed by atoms with Crippen molar-refractivity contribution in [2.75, 3.05) is 19.7 Å². The van der Waals surface area contributed by atoms with E-state index < -0.39 is 53.5 Å². The zero-order chi connectivity index (χ0) is 50.8. The van der Waals surface area contributed by atoms with E-state index in [0.717, 1.165) is 49.0 Å². The topological polar surface area (TPSA) is 115 Å². The van der Waals surface area contributed by atoms with Crippen LogP contribution in [0.5, 0.6) is 0 Å². The van der Waals surface area contributed by atoms with Crippen LogP contribution in [-0.2, 0) is 30.9 Å². The highest BCUT2D eigenvalue weighted by Crippen LogP contribution is 2.58. The lowest BCUT2D eigenvalue weighted by Gasteiger charge is -2.28. The number of ether oxygens (including phenoxy) is 3. The van der Waals surface area contributed by atoms with Gasteiger partial charge in [0.05, 0.1) is 6.04 Å². The van der Waals surface area contributed by atoms with Gasteiger partial charge in [0.25, 0.3) is 11.8 Å². The van der Waals surface area contributed by atoms with Crippen molar-refractivity contribution in [2.45, 2.75) is 122 Å². The molecule has 4 aliphatic carbocycles. The maximum atomic E-state index is 15.3. The van der Waals surface area contributed by atoms with Gasteiger partial charge in [0.2, 0.25) is 0 Å². The van der Waals surface area contributed by atoms with Gasteiger partial charge in [-0.15, -0.1) is 0 Å². The van der Waals surface area contributed by atoms with E-state index in [9.17, 15) is 19.2 Å². The number of halogens is 6. The van der Waals surface area contributed by atoms with Crippen LogP contribution >= 0.6 is 31.9 Å². The summed E-state index contributed by atoms with van der Waals surface area (Å²) in [6, 6.07) is 18.2. The first-order valence-electron chi connectivity index (χ1n) is 23.9. The molecule has 2 atom stereocenters. The Hall–Kier alpha value is -5.35. The minimum atomic E-state index is -3.25. The summed E-state index contributed by atoms with van der Waals surface area (Å²) in [4.78, 5) is 59.3. The van der Waals surface area contributed by atoms with Crippen molar-refractivity contribution in [3.8, 4) is 22.3 Å². The molecule has 16 heteroatoms. The summed E-state index contributed by atoms with van der Waals surface area (Å²) < 4.78 is 78.5. The predicted molar refractivity (Wildman–Crippen MR) is 266 cm³/mol. The predicted octanol–water partition coefficient (Wildman–Crippen LogP) is 13.6. The minimum Gasteiger partial charge on any atom is -0.456 e. The number of ketones is 1. The van der Waals surface area contributed by atoms with Crippen LogP contribution in [-0.4, -0.2) is 82.4 Å². The van der Waals surface area contributed by atoms with Crippen LogP contribution < -0.4 is 0 Å². The third-order valence-corrected chi connectivity index (χ3v) is 15.6.